The van der Waals surface area contributed by atoms with Crippen LogP contribution in [-0.2, 0) is 10.0 Å². The van der Waals surface area contributed by atoms with Gasteiger partial charge in [0.2, 0.25) is 10.0 Å². The van der Waals surface area contributed by atoms with E-state index in [9.17, 15) is 8.42 Å². The van der Waals surface area contributed by atoms with Crippen molar-refractivity contribution >= 4 is 15.9 Å². The minimum Gasteiger partial charge on any atom is -0.370 e. The predicted octanol–water partition coefficient (Wildman–Crippen LogP) is 3.14. The first-order valence-corrected chi connectivity index (χ1v) is 13.0. The highest BCUT2D eigenvalue weighted by Gasteiger charge is 2.43. The summed E-state index contributed by atoms with van der Waals surface area (Å²) in [6, 6.07) is 5.94. The molecule has 1 aromatic carbocycles. The lowest BCUT2D eigenvalue weighted by atomic mass is 9.85. The molecule has 0 unspecified atom stereocenters. The Labute approximate surface area is 181 Å². The second-order valence-electron chi connectivity index (χ2n) is 9.22. The fourth-order valence-corrected chi connectivity index (χ4v) is 6.57. The topological polar surface area (TPSA) is 73.8 Å². The molecule has 1 aliphatic carbocycles. The standard InChI is InChI=1S/C23H36N4O2S/c1-18-9-10-21(17-19(18)2)30(28,29)27-15-11-23(12-16-27)22(24-13-14-25-23)26-20-7-5-3-4-6-8-20/h9-10,17,20,25H,3-8,11-16H2,1-2H3,(H,24,26). The molecule has 0 atom stereocenters. The zero-order chi connectivity index (χ0) is 21.2. The van der Waals surface area contributed by atoms with Crippen LogP contribution in [0.15, 0.2) is 28.1 Å². The van der Waals surface area contributed by atoms with Crippen molar-refractivity contribution in [2.45, 2.75) is 81.7 Å². The molecule has 1 aromatic rings. The first-order chi connectivity index (χ1) is 14.4. The first kappa shape index (κ1) is 21.8. The molecule has 0 aromatic heterocycles. The largest absolute Gasteiger partial charge is 0.370 e. The smallest absolute Gasteiger partial charge is 0.243 e. The van der Waals surface area contributed by atoms with E-state index in [-0.39, 0.29) is 5.54 Å². The fourth-order valence-electron chi connectivity index (χ4n) is 5.04. The summed E-state index contributed by atoms with van der Waals surface area (Å²) in [6.45, 7) is 6.67. The first-order valence-electron chi connectivity index (χ1n) is 11.5. The molecule has 1 saturated heterocycles. The summed E-state index contributed by atoms with van der Waals surface area (Å²) in [5, 5.41) is 7.48. The Kier molecular flexibility index (Phi) is 6.51. The number of hydrogen-bond acceptors (Lipinski definition) is 5. The molecule has 6 nitrogen and oxygen atoms in total. The van der Waals surface area contributed by atoms with Crippen molar-refractivity contribution in [3.8, 4) is 0 Å². The Balaban J connectivity index is 1.46. The van der Waals surface area contributed by atoms with E-state index in [0.29, 0.717) is 24.0 Å². The Morgan fingerprint density at radius 1 is 1.07 bits per heavy atom. The average molecular weight is 433 g/mol. The van der Waals surface area contributed by atoms with E-state index in [4.69, 9.17) is 4.99 Å². The van der Waals surface area contributed by atoms with Gasteiger partial charge in [-0.05, 0) is 62.8 Å². The van der Waals surface area contributed by atoms with Gasteiger partial charge < -0.3 is 10.6 Å². The zero-order valence-corrected chi connectivity index (χ0v) is 19.2. The van der Waals surface area contributed by atoms with Crippen molar-refractivity contribution in [2.75, 3.05) is 26.2 Å². The van der Waals surface area contributed by atoms with Gasteiger partial charge in [0.05, 0.1) is 17.0 Å². The molecule has 4 rings (SSSR count). The van der Waals surface area contributed by atoms with E-state index in [1.165, 1.54) is 38.5 Å². The van der Waals surface area contributed by atoms with Crippen LogP contribution in [0.2, 0.25) is 0 Å². The Bertz CT molecular complexity index is 880. The van der Waals surface area contributed by atoms with Crippen molar-refractivity contribution in [1.82, 2.24) is 14.9 Å². The molecule has 3 aliphatic rings. The molecule has 2 heterocycles. The highest BCUT2D eigenvalue weighted by Crippen LogP contribution is 2.30. The molecule has 7 heteroatoms. The van der Waals surface area contributed by atoms with Crippen LogP contribution in [0.1, 0.15) is 62.5 Å². The van der Waals surface area contributed by atoms with Crippen LogP contribution in [-0.4, -0.2) is 56.3 Å². The number of amidine groups is 1. The highest BCUT2D eigenvalue weighted by molar-refractivity contribution is 7.89. The van der Waals surface area contributed by atoms with Gasteiger partial charge in [-0.2, -0.15) is 4.31 Å². The third-order valence-electron chi connectivity index (χ3n) is 7.19. The quantitative estimate of drug-likeness (QED) is 0.720. The molecule has 2 aliphatic heterocycles. The second kappa shape index (κ2) is 8.97. The minimum absolute atomic E-state index is 0.209. The number of nitrogens with zero attached hydrogens (tertiary/aromatic N) is 2. The third-order valence-corrected chi connectivity index (χ3v) is 9.08. The summed E-state index contributed by atoms with van der Waals surface area (Å²) < 4.78 is 28.1. The summed E-state index contributed by atoms with van der Waals surface area (Å²) in [5.74, 6) is 1.07. The van der Waals surface area contributed by atoms with Gasteiger partial charge in [-0.1, -0.05) is 31.7 Å². The molecule has 0 bridgehead atoms. The van der Waals surface area contributed by atoms with Gasteiger partial charge >= 0.3 is 0 Å². The molecular formula is C23H36N4O2S. The van der Waals surface area contributed by atoms with Gasteiger partial charge in [-0.3, -0.25) is 4.99 Å². The second-order valence-corrected chi connectivity index (χ2v) is 11.2. The lowest BCUT2D eigenvalue weighted by Crippen LogP contribution is -2.65. The van der Waals surface area contributed by atoms with Crippen molar-refractivity contribution in [3.05, 3.63) is 29.3 Å². The maximum absolute atomic E-state index is 13.2. The third kappa shape index (κ3) is 4.43. The number of piperidine rings is 1. The van der Waals surface area contributed by atoms with Crippen LogP contribution in [0.4, 0.5) is 0 Å². The van der Waals surface area contributed by atoms with Gasteiger partial charge in [0.1, 0.15) is 5.84 Å². The van der Waals surface area contributed by atoms with Crippen molar-refractivity contribution in [3.63, 3.8) is 0 Å². The molecule has 1 spiro atoms. The minimum atomic E-state index is -3.46. The van der Waals surface area contributed by atoms with Gasteiger partial charge in [0.15, 0.2) is 0 Å². The van der Waals surface area contributed by atoms with Crippen molar-refractivity contribution < 1.29 is 8.42 Å². The number of hydrogen-bond donors (Lipinski definition) is 2. The van der Waals surface area contributed by atoms with Crippen LogP contribution in [0.3, 0.4) is 0 Å². The summed E-state index contributed by atoms with van der Waals surface area (Å²) in [7, 11) is -3.46. The van der Waals surface area contributed by atoms with E-state index in [1.54, 1.807) is 16.4 Å². The van der Waals surface area contributed by atoms with Gasteiger partial charge in [-0.15, -0.1) is 0 Å². The SMILES string of the molecule is Cc1ccc(S(=O)(=O)N2CCC3(CC2)NCCN=C3NC2CCCCCC2)cc1C. The number of benzene rings is 1. The number of aliphatic imine (C=N–C) groups is 1. The molecule has 30 heavy (non-hydrogen) atoms. The number of nitrogens with one attached hydrogen (secondary N) is 2. The van der Waals surface area contributed by atoms with Gasteiger partial charge in [0, 0.05) is 25.7 Å². The van der Waals surface area contributed by atoms with E-state index in [0.717, 1.165) is 42.9 Å². The number of aryl methyl sites for hydroxylation is 2. The molecular weight excluding hydrogens is 396 g/mol. The Morgan fingerprint density at radius 2 is 1.77 bits per heavy atom. The zero-order valence-electron chi connectivity index (χ0n) is 18.4. The summed E-state index contributed by atoms with van der Waals surface area (Å²) in [4.78, 5) is 5.28. The van der Waals surface area contributed by atoms with E-state index >= 15 is 0 Å². The van der Waals surface area contributed by atoms with E-state index in [2.05, 4.69) is 10.6 Å². The molecule has 2 fully saturated rings. The summed E-state index contributed by atoms with van der Waals surface area (Å²) >= 11 is 0. The lowest BCUT2D eigenvalue weighted by molar-refractivity contribution is 0.239. The molecule has 0 radical (unpaired) electrons. The monoisotopic (exact) mass is 432 g/mol. The van der Waals surface area contributed by atoms with Gasteiger partial charge in [-0.25, -0.2) is 8.42 Å². The average Bonchev–Trinajstić information content (AvgIpc) is 3.01. The summed E-state index contributed by atoms with van der Waals surface area (Å²) in [6.07, 6.45) is 9.18. The molecule has 0 amide bonds. The Hall–Kier alpha value is -1.44. The maximum Gasteiger partial charge on any atom is 0.243 e. The highest BCUT2D eigenvalue weighted by atomic mass is 32.2. The molecule has 166 valence electrons. The van der Waals surface area contributed by atoms with Crippen molar-refractivity contribution in [2.24, 2.45) is 4.99 Å². The predicted molar refractivity (Wildman–Crippen MR) is 122 cm³/mol. The van der Waals surface area contributed by atoms with E-state index in [1.807, 2.05) is 19.9 Å². The van der Waals surface area contributed by atoms with Crippen LogP contribution in [0.25, 0.3) is 0 Å². The van der Waals surface area contributed by atoms with Crippen LogP contribution >= 0.6 is 0 Å². The Morgan fingerprint density at radius 3 is 2.43 bits per heavy atom. The van der Waals surface area contributed by atoms with Gasteiger partial charge in [0.25, 0.3) is 0 Å². The molecule has 1 saturated carbocycles. The summed E-state index contributed by atoms with van der Waals surface area (Å²) in [5.41, 5.74) is 1.92. The van der Waals surface area contributed by atoms with Crippen LogP contribution in [0, 0.1) is 13.8 Å². The number of sulfonamides is 1. The fraction of sp³-hybridized carbons (Fsp3) is 0.696. The van der Waals surface area contributed by atoms with Crippen LogP contribution in [0.5, 0.6) is 0 Å². The lowest BCUT2D eigenvalue weighted by Gasteiger charge is -2.45. The number of rotatable bonds is 3. The van der Waals surface area contributed by atoms with E-state index < -0.39 is 10.0 Å². The maximum atomic E-state index is 13.2. The van der Waals surface area contributed by atoms with Crippen molar-refractivity contribution in [1.29, 1.82) is 0 Å². The molecule has 2 N–H and O–H groups in total. The normalized spacial score (nSPS) is 23.7. The van der Waals surface area contributed by atoms with Crippen LogP contribution < -0.4 is 10.6 Å².